The molecule has 1 amide bonds. The Hall–Kier alpha value is -4.07. The molecule has 5 unspecified atom stereocenters. The Morgan fingerprint density at radius 1 is 1.38 bits per heavy atom. The van der Waals surface area contributed by atoms with Crippen LogP contribution in [0.1, 0.15) is 36.6 Å². The van der Waals surface area contributed by atoms with Crippen molar-refractivity contribution < 1.29 is 19.5 Å². The zero-order chi connectivity index (χ0) is 26.1. The largest absolute Gasteiger partial charge is 0.380 e. The van der Waals surface area contributed by atoms with Crippen LogP contribution in [0, 0.1) is 36.5 Å². The van der Waals surface area contributed by atoms with Crippen LogP contribution < -0.4 is 11.1 Å². The van der Waals surface area contributed by atoms with Crippen LogP contribution in [-0.2, 0) is 17.4 Å². The number of carbonyl (C=O) groups is 1. The molecule has 5 aliphatic rings. The van der Waals surface area contributed by atoms with Gasteiger partial charge >= 0.3 is 0 Å². The van der Waals surface area contributed by atoms with E-state index in [1.165, 1.54) is 0 Å². The van der Waals surface area contributed by atoms with Gasteiger partial charge in [0.05, 0.1) is 11.4 Å². The number of aliphatic hydroxyl groups is 2. The normalized spacial score (nSPS) is 27.9. The maximum atomic E-state index is 12.5. The summed E-state index contributed by atoms with van der Waals surface area (Å²) in [5.74, 6) is 6.41. The predicted molar refractivity (Wildman–Crippen MR) is 132 cm³/mol. The van der Waals surface area contributed by atoms with Crippen molar-refractivity contribution in [2.75, 3.05) is 0 Å². The number of hydrogen-bond acceptors (Lipinski definition) is 8. The second-order valence-electron chi connectivity index (χ2n) is 10.2. The van der Waals surface area contributed by atoms with Crippen molar-refractivity contribution in [3.8, 4) is 11.8 Å². The number of aryl methyl sites for hydroxylation is 2. The number of aromatic nitrogens is 3. The minimum absolute atomic E-state index is 0.0691. The summed E-state index contributed by atoms with van der Waals surface area (Å²) >= 11 is 0. The first-order chi connectivity index (χ1) is 17.6. The molecule has 3 aliphatic heterocycles. The molecule has 2 aromatic heterocycles. The maximum Gasteiger partial charge on any atom is 0.266 e. The van der Waals surface area contributed by atoms with Crippen LogP contribution in [0.5, 0.6) is 0 Å². The maximum absolute atomic E-state index is 12.5. The van der Waals surface area contributed by atoms with Crippen molar-refractivity contribution in [1.29, 1.82) is 0 Å². The van der Waals surface area contributed by atoms with Gasteiger partial charge < -0.3 is 30.7 Å². The van der Waals surface area contributed by atoms with Crippen molar-refractivity contribution in [2.24, 2.45) is 30.5 Å². The lowest BCUT2D eigenvalue weighted by Crippen LogP contribution is -2.44. The molecule has 5 N–H and O–H groups in total. The third-order valence-electron chi connectivity index (χ3n) is 7.64. The van der Waals surface area contributed by atoms with E-state index in [9.17, 15) is 15.0 Å². The van der Waals surface area contributed by atoms with Crippen molar-refractivity contribution in [3.63, 3.8) is 0 Å². The number of nitrogens with one attached hydrogen (secondary N) is 1. The van der Waals surface area contributed by atoms with Gasteiger partial charge in [-0.3, -0.25) is 9.48 Å². The highest BCUT2D eigenvalue weighted by atomic mass is 16.5. The highest BCUT2D eigenvalue weighted by Crippen LogP contribution is 2.52. The van der Waals surface area contributed by atoms with Gasteiger partial charge in [0, 0.05) is 36.5 Å². The van der Waals surface area contributed by atoms with Crippen molar-refractivity contribution in [1.82, 2.24) is 25.2 Å². The Labute approximate surface area is 213 Å². The predicted octanol–water partition coefficient (Wildman–Crippen LogP) is 1.24. The van der Waals surface area contributed by atoms with E-state index < -0.39 is 17.6 Å². The molecular formula is C27H28N6O4. The molecule has 0 saturated carbocycles. The smallest absolute Gasteiger partial charge is 0.266 e. The van der Waals surface area contributed by atoms with Gasteiger partial charge in [-0.2, -0.15) is 5.10 Å². The zero-order valence-electron chi connectivity index (χ0n) is 20.7. The first-order valence-electron chi connectivity index (χ1n) is 12.2. The topological polar surface area (TPSA) is 143 Å². The SMILES string of the molecule is Cc1cc([C@](C)(O)C#CC2=CC3C(C=C2)C2C=C(C2)N2C(C(O)c4ccnn4C)=C(C(N)=O)NC32)no1. The Balaban J connectivity index is 1.36. The van der Waals surface area contributed by atoms with Crippen molar-refractivity contribution in [3.05, 3.63) is 82.4 Å². The van der Waals surface area contributed by atoms with Crippen LogP contribution in [-0.4, -0.2) is 42.1 Å². The summed E-state index contributed by atoms with van der Waals surface area (Å²) in [7, 11) is 1.74. The summed E-state index contributed by atoms with van der Waals surface area (Å²) < 4.78 is 6.67. The third-order valence-corrected chi connectivity index (χ3v) is 7.64. The molecule has 0 aromatic carbocycles. The minimum Gasteiger partial charge on any atom is -0.380 e. The lowest BCUT2D eigenvalue weighted by Gasteiger charge is -2.35. The molecule has 1 fully saturated rings. The molecule has 10 heteroatoms. The summed E-state index contributed by atoms with van der Waals surface area (Å²) in [5, 5.41) is 33.6. The molecule has 1 saturated heterocycles. The highest BCUT2D eigenvalue weighted by Gasteiger charge is 2.51. The number of carbonyl (C=O) groups excluding carboxylic acids is 1. The van der Waals surface area contributed by atoms with Crippen LogP contribution >= 0.6 is 0 Å². The fraction of sp³-hybridized carbons (Fsp3) is 0.370. The van der Waals surface area contributed by atoms with Crippen LogP contribution in [0.3, 0.4) is 0 Å². The first kappa shape index (κ1) is 23.3. The van der Waals surface area contributed by atoms with Crippen LogP contribution in [0.25, 0.3) is 0 Å². The molecule has 2 aliphatic carbocycles. The second-order valence-corrected chi connectivity index (χ2v) is 10.2. The van der Waals surface area contributed by atoms with Crippen molar-refractivity contribution in [2.45, 2.75) is 38.1 Å². The molecule has 2 bridgehead atoms. The molecular weight excluding hydrogens is 472 g/mol. The fourth-order valence-corrected chi connectivity index (χ4v) is 5.68. The van der Waals surface area contributed by atoms with Crippen molar-refractivity contribution >= 4 is 5.91 Å². The molecule has 37 heavy (non-hydrogen) atoms. The lowest BCUT2D eigenvalue weighted by molar-refractivity contribution is -0.115. The Bertz CT molecular complexity index is 1480. The third kappa shape index (κ3) is 3.70. The summed E-state index contributed by atoms with van der Waals surface area (Å²) in [5.41, 5.74) is 7.64. The van der Waals surface area contributed by atoms with E-state index >= 15 is 0 Å². The monoisotopic (exact) mass is 500 g/mol. The van der Waals surface area contributed by atoms with Gasteiger partial charge in [-0.15, -0.1) is 0 Å². The van der Waals surface area contributed by atoms with E-state index in [1.54, 1.807) is 43.9 Å². The van der Waals surface area contributed by atoms with Gasteiger partial charge in [0.2, 0.25) is 0 Å². The number of hydrogen-bond donors (Lipinski definition) is 4. The van der Waals surface area contributed by atoms with Gasteiger partial charge in [0.1, 0.15) is 29.4 Å². The molecule has 7 rings (SSSR count). The molecule has 190 valence electrons. The fourth-order valence-electron chi connectivity index (χ4n) is 5.68. The number of aliphatic hydroxyl groups excluding tert-OH is 1. The summed E-state index contributed by atoms with van der Waals surface area (Å²) in [6.45, 7) is 3.33. The average Bonchev–Trinajstić information content (AvgIpc) is 3.53. The standard InChI is InChI=1S/C27H28N6O4/c1-14-10-21(31-37-14)27(2,36)8-6-15-4-5-18-16-12-17(13-16)33-23(24(34)20-7-9-29-32(20)3)22(25(28)35)30-26(33)19(18)11-15/h4-5,7,9-12,16,18-19,24,26,30,34,36H,13H2,1-3H3,(H2,28,35)/t16?,18?,19?,24?,26?,27-/m1/s1. The van der Waals surface area contributed by atoms with Crippen LogP contribution in [0.2, 0.25) is 0 Å². The van der Waals surface area contributed by atoms with E-state index in [0.717, 1.165) is 17.7 Å². The average molecular weight is 501 g/mol. The van der Waals surface area contributed by atoms with E-state index in [4.69, 9.17) is 10.3 Å². The Kier molecular flexibility index (Phi) is 5.19. The first-order valence-corrected chi connectivity index (χ1v) is 12.2. The van der Waals surface area contributed by atoms with Gasteiger partial charge in [0.15, 0.2) is 5.60 Å². The lowest BCUT2D eigenvalue weighted by atomic mass is 9.72. The molecule has 6 atom stereocenters. The van der Waals surface area contributed by atoms with Gasteiger partial charge in [-0.25, -0.2) is 0 Å². The molecule has 5 heterocycles. The quantitative estimate of drug-likeness (QED) is 0.459. The second kappa shape index (κ2) is 8.23. The zero-order valence-corrected chi connectivity index (χ0v) is 20.7. The van der Waals surface area contributed by atoms with E-state index in [-0.39, 0.29) is 23.7 Å². The van der Waals surface area contributed by atoms with E-state index in [1.807, 2.05) is 11.0 Å². The summed E-state index contributed by atoms with van der Waals surface area (Å²) in [4.78, 5) is 14.5. The van der Waals surface area contributed by atoms with Gasteiger partial charge in [-0.05, 0) is 38.2 Å². The summed E-state index contributed by atoms with van der Waals surface area (Å²) in [6.07, 6.45) is 9.40. The van der Waals surface area contributed by atoms with Gasteiger partial charge in [0.25, 0.3) is 5.91 Å². The molecule has 0 spiro atoms. The number of rotatable bonds is 4. The molecule has 2 aromatic rings. The number of nitrogens with two attached hydrogens (primary N) is 1. The van der Waals surface area contributed by atoms with E-state index in [0.29, 0.717) is 28.8 Å². The number of nitrogens with zero attached hydrogens (tertiary/aromatic N) is 4. The number of primary amides is 1. The van der Waals surface area contributed by atoms with Crippen LogP contribution in [0.4, 0.5) is 0 Å². The summed E-state index contributed by atoms with van der Waals surface area (Å²) in [6, 6.07) is 3.38. The Morgan fingerprint density at radius 3 is 2.81 bits per heavy atom. The Morgan fingerprint density at radius 2 is 2.16 bits per heavy atom. The van der Waals surface area contributed by atoms with Gasteiger partial charge in [-0.1, -0.05) is 41.3 Å². The molecule has 0 radical (unpaired) electrons. The number of allylic oxidation sites excluding steroid dienone is 5. The minimum atomic E-state index is -1.48. The number of amides is 1. The van der Waals surface area contributed by atoms with Crippen LogP contribution in [0.15, 0.2) is 69.8 Å². The van der Waals surface area contributed by atoms with E-state index in [2.05, 4.69) is 45.6 Å². The molecule has 10 nitrogen and oxygen atoms in total. The highest BCUT2D eigenvalue weighted by molar-refractivity contribution is 5.93.